The van der Waals surface area contributed by atoms with E-state index < -0.39 is 15.9 Å². The Labute approximate surface area is 138 Å². The van der Waals surface area contributed by atoms with Gasteiger partial charge in [-0.2, -0.15) is 0 Å². The van der Waals surface area contributed by atoms with Crippen LogP contribution in [-0.4, -0.2) is 25.1 Å². The maximum absolute atomic E-state index is 12.3. The standard InChI is InChI=1S/C15H16N2O4S2/c1-4-13-16-9(2)14(22-13)15(19)17-23(20,21)12-7-5-11(6-8-12)10(3)18/h5-8H,4H2,1-3H3,(H,17,19). The van der Waals surface area contributed by atoms with Gasteiger partial charge in [0.25, 0.3) is 15.9 Å². The number of amides is 1. The number of hydrogen-bond acceptors (Lipinski definition) is 6. The Morgan fingerprint density at radius 3 is 2.30 bits per heavy atom. The predicted molar refractivity (Wildman–Crippen MR) is 87.3 cm³/mol. The van der Waals surface area contributed by atoms with Crippen molar-refractivity contribution < 1.29 is 18.0 Å². The van der Waals surface area contributed by atoms with Gasteiger partial charge in [-0.3, -0.25) is 9.59 Å². The summed E-state index contributed by atoms with van der Waals surface area (Å²) in [6.45, 7) is 4.97. The summed E-state index contributed by atoms with van der Waals surface area (Å²) in [7, 11) is -4.00. The molecule has 8 heteroatoms. The molecular weight excluding hydrogens is 336 g/mol. The van der Waals surface area contributed by atoms with E-state index in [1.54, 1.807) is 6.92 Å². The van der Waals surface area contributed by atoms with Crippen molar-refractivity contribution in [2.75, 3.05) is 0 Å². The molecule has 23 heavy (non-hydrogen) atoms. The molecule has 1 aromatic heterocycles. The van der Waals surface area contributed by atoms with E-state index in [4.69, 9.17) is 0 Å². The fourth-order valence-electron chi connectivity index (χ4n) is 1.91. The zero-order valence-electron chi connectivity index (χ0n) is 12.9. The number of ketones is 1. The molecule has 0 bridgehead atoms. The van der Waals surface area contributed by atoms with Crippen molar-refractivity contribution in [1.29, 1.82) is 0 Å². The lowest BCUT2D eigenvalue weighted by Crippen LogP contribution is -2.30. The van der Waals surface area contributed by atoms with Crippen molar-refractivity contribution in [3.63, 3.8) is 0 Å². The maximum Gasteiger partial charge on any atom is 0.276 e. The number of rotatable bonds is 5. The molecule has 0 aliphatic heterocycles. The third-order valence-corrected chi connectivity index (χ3v) is 5.80. The highest BCUT2D eigenvalue weighted by atomic mass is 32.2. The van der Waals surface area contributed by atoms with Crippen molar-refractivity contribution >= 4 is 33.1 Å². The lowest BCUT2D eigenvalue weighted by Gasteiger charge is -2.06. The van der Waals surface area contributed by atoms with Crippen molar-refractivity contribution in [1.82, 2.24) is 9.71 Å². The van der Waals surface area contributed by atoms with Crippen LogP contribution in [0.5, 0.6) is 0 Å². The number of nitrogens with one attached hydrogen (secondary N) is 1. The van der Waals surface area contributed by atoms with Crippen LogP contribution < -0.4 is 4.72 Å². The zero-order chi connectivity index (χ0) is 17.2. The summed E-state index contributed by atoms with van der Waals surface area (Å²) in [5.74, 6) is -0.860. The molecule has 2 rings (SSSR count). The number of benzene rings is 1. The molecule has 0 unspecified atom stereocenters. The second-order valence-corrected chi connectivity index (χ2v) is 7.66. The molecule has 6 nitrogen and oxygen atoms in total. The molecule has 1 heterocycles. The van der Waals surface area contributed by atoms with E-state index in [2.05, 4.69) is 4.98 Å². The Balaban J connectivity index is 2.24. The number of aromatic nitrogens is 1. The summed E-state index contributed by atoms with van der Waals surface area (Å²) in [5.41, 5.74) is 0.910. The molecule has 2 aromatic rings. The fraction of sp³-hybridized carbons (Fsp3) is 0.267. The Morgan fingerprint density at radius 1 is 1.22 bits per heavy atom. The highest BCUT2D eigenvalue weighted by Crippen LogP contribution is 2.19. The van der Waals surface area contributed by atoms with Gasteiger partial charge in [0.2, 0.25) is 0 Å². The molecule has 0 aliphatic carbocycles. The van der Waals surface area contributed by atoms with Crippen LogP contribution in [-0.2, 0) is 16.4 Å². The normalized spacial score (nSPS) is 11.3. The van der Waals surface area contributed by atoms with E-state index in [1.807, 2.05) is 11.6 Å². The van der Waals surface area contributed by atoms with Gasteiger partial charge >= 0.3 is 0 Å². The van der Waals surface area contributed by atoms with E-state index in [0.29, 0.717) is 17.7 Å². The van der Waals surface area contributed by atoms with E-state index in [9.17, 15) is 18.0 Å². The minimum absolute atomic E-state index is 0.0752. The Kier molecular flexibility index (Phi) is 4.96. The van der Waals surface area contributed by atoms with Gasteiger partial charge in [-0.05, 0) is 32.4 Å². The van der Waals surface area contributed by atoms with Gasteiger partial charge in [-0.15, -0.1) is 11.3 Å². The number of carbonyl (C=O) groups excluding carboxylic acids is 2. The first-order chi connectivity index (χ1) is 10.7. The highest BCUT2D eigenvalue weighted by Gasteiger charge is 2.22. The number of sulfonamides is 1. The average Bonchev–Trinajstić information content (AvgIpc) is 2.88. The molecule has 0 radical (unpaired) electrons. The molecule has 122 valence electrons. The molecule has 0 fully saturated rings. The first-order valence-electron chi connectivity index (χ1n) is 6.89. The molecule has 0 saturated heterocycles. The van der Waals surface area contributed by atoms with Gasteiger partial charge in [-0.1, -0.05) is 19.1 Å². The van der Waals surface area contributed by atoms with Crippen LogP contribution in [0.25, 0.3) is 0 Å². The first-order valence-corrected chi connectivity index (χ1v) is 9.19. The maximum atomic E-state index is 12.3. The molecule has 1 N–H and O–H groups in total. The average molecular weight is 352 g/mol. The second kappa shape index (κ2) is 6.59. The number of carbonyl (C=O) groups is 2. The largest absolute Gasteiger partial charge is 0.295 e. The van der Waals surface area contributed by atoms with Crippen LogP contribution in [0.15, 0.2) is 29.2 Å². The molecule has 0 saturated carbocycles. The summed E-state index contributed by atoms with van der Waals surface area (Å²) in [6, 6.07) is 5.41. The van der Waals surface area contributed by atoms with Crippen molar-refractivity contribution in [3.05, 3.63) is 45.4 Å². The van der Waals surface area contributed by atoms with Gasteiger partial charge in [0, 0.05) is 5.56 Å². The smallest absolute Gasteiger partial charge is 0.276 e. The fourth-order valence-corrected chi connectivity index (χ4v) is 3.83. The molecular formula is C15H16N2O4S2. The lowest BCUT2D eigenvalue weighted by atomic mass is 10.2. The highest BCUT2D eigenvalue weighted by molar-refractivity contribution is 7.90. The summed E-state index contributed by atoms with van der Waals surface area (Å²) in [4.78, 5) is 27.8. The number of hydrogen-bond donors (Lipinski definition) is 1. The predicted octanol–water partition coefficient (Wildman–Crippen LogP) is 2.34. The first kappa shape index (κ1) is 17.3. The van der Waals surface area contributed by atoms with Gasteiger partial charge < -0.3 is 0 Å². The van der Waals surface area contributed by atoms with E-state index in [-0.39, 0.29) is 15.6 Å². The Hall–Kier alpha value is -2.06. The van der Waals surface area contributed by atoms with Gasteiger partial charge in [0.1, 0.15) is 4.88 Å². The van der Waals surface area contributed by atoms with Gasteiger partial charge in [0.05, 0.1) is 15.6 Å². The SMILES string of the molecule is CCc1nc(C)c(C(=O)NS(=O)(=O)c2ccc(C(C)=O)cc2)s1. The summed E-state index contributed by atoms with van der Waals surface area (Å²) in [6.07, 6.45) is 0.679. The third-order valence-electron chi connectivity index (χ3n) is 3.15. The van der Waals surface area contributed by atoms with Crippen LogP contribution >= 0.6 is 11.3 Å². The van der Waals surface area contributed by atoms with Crippen LogP contribution in [0.3, 0.4) is 0 Å². The van der Waals surface area contributed by atoms with E-state index in [0.717, 1.165) is 5.01 Å². The summed E-state index contributed by atoms with van der Waals surface area (Å²) >= 11 is 1.18. The number of thiazole rings is 1. The molecule has 0 spiro atoms. The summed E-state index contributed by atoms with van der Waals surface area (Å²) in [5, 5.41) is 0.774. The van der Waals surface area contributed by atoms with Crippen LogP contribution in [0, 0.1) is 6.92 Å². The van der Waals surface area contributed by atoms with Crippen molar-refractivity contribution in [3.8, 4) is 0 Å². The quantitative estimate of drug-likeness (QED) is 0.834. The Bertz CT molecular complexity index is 852. The monoisotopic (exact) mass is 352 g/mol. The van der Waals surface area contributed by atoms with Crippen LogP contribution in [0.4, 0.5) is 0 Å². The number of aryl methyl sites for hydroxylation is 2. The zero-order valence-corrected chi connectivity index (χ0v) is 14.5. The molecule has 0 aliphatic rings. The van der Waals surface area contributed by atoms with E-state index >= 15 is 0 Å². The molecule has 1 amide bonds. The minimum Gasteiger partial charge on any atom is -0.295 e. The topological polar surface area (TPSA) is 93.2 Å². The summed E-state index contributed by atoms with van der Waals surface area (Å²) < 4.78 is 26.5. The van der Waals surface area contributed by atoms with Crippen LogP contribution in [0.2, 0.25) is 0 Å². The number of Topliss-reactive ketones (excluding diaryl/α,β-unsaturated/α-hetero) is 1. The molecule has 0 atom stereocenters. The molecule has 1 aromatic carbocycles. The Morgan fingerprint density at radius 2 is 1.83 bits per heavy atom. The van der Waals surface area contributed by atoms with Gasteiger partial charge in [0.15, 0.2) is 5.78 Å². The van der Waals surface area contributed by atoms with Crippen molar-refractivity contribution in [2.24, 2.45) is 0 Å². The lowest BCUT2D eigenvalue weighted by molar-refractivity contribution is 0.0982. The number of nitrogens with zero attached hydrogens (tertiary/aromatic N) is 1. The van der Waals surface area contributed by atoms with Gasteiger partial charge in [-0.25, -0.2) is 18.1 Å². The van der Waals surface area contributed by atoms with Crippen molar-refractivity contribution in [2.45, 2.75) is 32.1 Å². The third kappa shape index (κ3) is 3.83. The minimum atomic E-state index is -4.00. The van der Waals surface area contributed by atoms with E-state index in [1.165, 1.54) is 42.5 Å². The second-order valence-electron chi connectivity index (χ2n) is 4.89. The van der Waals surface area contributed by atoms with Crippen LogP contribution in [0.1, 0.15) is 44.6 Å².